The Labute approximate surface area is 127 Å². The van der Waals surface area contributed by atoms with Gasteiger partial charge in [-0.3, -0.25) is 10.2 Å². The van der Waals surface area contributed by atoms with Gasteiger partial charge < -0.3 is 9.47 Å². The maximum Gasteiger partial charge on any atom is 0.411 e. The van der Waals surface area contributed by atoms with E-state index >= 15 is 0 Å². The summed E-state index contributed by atoms with van der Waals surface area (Å²) in [7, 11) is 0. The van der Waals surface area contributed by atoms with Crippen molar-refractivity contribution in [2.45, 2.75) is 0 Å². The fourth-order valence-electron chi connectivity index (χ4n) is 1.78. The third-order valence-corrected chi connectivity index (χ3v) is 3.14. The lowest BCUT2D eigenvalue weighted by Gasteiger charge is -2.26. The Kier molecular flexibility index (Phi) is 5.85. The van der Waals surface area contributed by atoms with Gasteiger partial charge in [-0.05, 0) is 12.1 Å². The highest BCUT2D eigenvalue weighted by atomic mass is 35.5. The highest BCUT2D eigenvalue weighted by molar-refractivity contribution is 6.32. The molecule has 1 aromatic rings. The average Bonchev–Trinajstić information content (AvgIpc) is 2.38. The second-order valence-electron chi connectivity index (χ2n) is 4.22. The van der Waals surface area contributed by atoms with Crippen LogP contribution in [0.2, 0.25) is 10.3 Å². The van der Waals surface area contributed by atoms with Gasteiger partial charge in [0.25, 0.3) is 0 Å². The summed E-state index contributed by atoms with van der Waals surface area (Å²) in [5.74, 6) is 0. The normalized spacial score (nSPS) is 15.9. The van der Waals surface area contributed by atoms with Crippen LogP contribution in [0.5, 0.6) is 0 Å². The van der Waals surface area contributed by atoms with Crippen molar-refractivity contribution >= 4 is 35.0 Å². The molecule has 1 aromatic heterocycles. The molecule has 8 heteroatoms. The fourth-order valence-corrected chi connectivity index (χ4v) is 2.24. The van der Waals surface area contributed by atoms with Crippen molar-refractivity contribution in [3.05, 3.63) is 22.4 Å². The van der Waals surface area contributed by atoms with E-state index in [0.29, 0.717) is 18.8 Å². The lowest BCUT2D eigenvalue weighted by atomic mass is 10.4. The quantitative estimate of drug-likeness (QED) is 0.862. The molecule has 0 spiro atoms. The number of morpholine rings is 1. The van der Waals surface area contributed by atoms with Crippen molar-refractivity contribution in [3.8, 4) is 0 Å². The van der Waals surface area contributed by atoms with Crippen LogP contribution in [0, 0.1) is 0 Å². The first-order chi connectivity index (χ1) is 9.63. The summed E-state index contributed by atoms with van der Waals surface area (Å²) in [4.78, 5) is 17.6. The van der Waals surface area contributed by atoms with Gasteiger partial charge in [-0.25, -0.2) is 9.78 Å². The summed E-state index contributed by atoms with van der Waals surface area (Å²) >= 11 is 11.5. The van der Waals surface area contributed by atoms with Gasteiger partial charge in [-0.2, -0.15) is 0 Å². The van der Waals surface area contributed by atoms with Crippen LogP contribution >= 0.6 is 23.2 Å². The third-order valence-electron chi connectivity index (χ3n) is 2.75. The first-order valence-corrected chi connectivity index (χ1v) is 6.96. The van der Waals surface area contributed by atoms with Gasteiger partial charge in [0.05, 0.1) is 18.9 Å². The molecule has 2 heterocycles. The summed E-state index contributed by atoms with van der Waals surface area (Å²) in [6.45, 7) is 4.18. The summed E-state index contributed by atoms with van der Waals surface area (Å²) in [5, 5.41) is 2.97. The van der Waals surface area contributed by atoms with E-state index in [-0.39, 0.29) is 10.3 Å². The number of nitrogens with one attached hydrogen (secondary N) is 1. The summed E-state index contributed by atoms with van der Waals surface area (Å²) in [6, 6.07) is 2.99. The standard InChI is InChI=1S/C12H15Cl2N3O3/c13-10-7-9(8-11(14)16-10)15-12(18)20-6-3-17-1-4-19-5-2-17/h7-8H,1-6H2,(H,15,16,18). The lowest BCUT2D eigenvalue weighted by Crippen LogP contribution is -2.38. The molecule has 0 aromatic carbocycles. The van der Waals surface area contributed by atoms with Crippen LogP contribution in [0.4, 0.5) is 10.5 Å². The van der Waals surface area contributed by atoms with Crippen molar-refractivity contribution in [1.29, 1.82) is 0 Å². The van der Waals surface area contributed by atoms with E-state index in [1.54, 1.807) is 0 Å². The van der Waals surface area contributed by atoms with Gasteiger partial charge in [-0.1, -0.05) is 23.2 Å². The Hall–Kier alpha value is -1.08. The third kappa shape index (κ3) is 5.13. The SMILES string of the molecule is O=C(Nc1cc(Cl)nc(Cl)c1)OCCN1CCOCC1. The molecule has 0 aliphatic carbocycles. The number of anilines is 1. The van der Waals surface area contributed by atoms with Gasteiger partial charge in [0.2, 0.25) is 0 Å². The zero-order chi connectivity index (χ0) is 14.4. The maximum atomic E-state index is 11.6. The zero-order valence-electron chi connectivity index (χ0n) is 10.8. The van der Waals surface area contributed by atoms with E-state index < -0.39 is 6.09 Å². The molecule has 0 atom stereocenters. The number of hydrogen-bond acceptors (Lipinski definition) is 5. The smallest absolute Gasteiger partial charge is 0.411 e. The van der Waals surface area contributed by atoms with Crippen LogP contribution in [-0.2, 0) is 9.47 Å². The predicted molar refractivity (Wildman–Crippen MR) is 76.5 cm³/mol. The van der Waals surface area contributed by atoms with Crippen LogP contribution in [0.3, 0.4) is 0 Å². The Balaban J connectivity index is 1.72. The molecule has 1 amide bonds. The van der Waals surface area contributed by atoms with Gasteiger partial charge in [-0.15, -0.1) is 0 Å². The molecule has 1 saturated heterocycles. The molecule has 1 N–H and O–H groups in total. The molecule has 0 unspecified atom stereocenters. The van der Waals surface area contributed by atoms with Gasteiger partial charge in [0, 0.05) is 19.6 Å². The molecule has 110 valence electrons. The summed E-state index contributed by atoms with van der Waals surface area (Å²) < 4.78 is 10.3. The van der Waals surface area contributed by atoms with Crippen LogP contribution in [0.1, 0.15) is 0 Å². The van der Waals surface area contributed by atoms with E-state index in [1.807, 2.05) is 0 Å². The van der Waals surface area contributed by atoms with E-state index in [1.165, 1.54) is 12.1 Å². The van der Waals surface area contributed by atoms with Crippen LogP contribution in [0.25, 0.3) is 0 Å². The number of carbonyl (C=O) groups is 1. The van der Waals surface area contributed by atoms with Gasteiger partial charge in [0.1, 0.15) is 16.9 Å². The number of nitrogens with zero attached hydrogens (tertiary/aromatic N) is 2. The number of hydrogen-bond donors (Lipinski definition) is 1. The number of rotatable bonds is 4. The number of aromatic nitrogens is 1. The Morgan fingerprint density at radius 3 is 2.65 bits per heavy atom. The molecule has 2 rings (SSSR count). The van der Waals surface area contributed by atoms with Gasteiger partial charge in [0.15, 0.2) is 0 Å². The first-order valence-electron chi connectivity index (χ1n) is 6.20. The topological polar surface area (TPSA) is 63.7 Å². The van der Waals surface area contributed by atoms with E-state index in [2.05, 4.69) is 15.2 Å². The van der Waals surface area contributed by atoms with Crippen molar-refractivity contribution in [1.82, 2.24) is 9.88 Å². The molecule has 0 bridgehead atoms. The zero-order valence-corrected chi connectivity index (χ0v) is 12.3. The molecule has 0 radical (unpaired) electrons. The molecule has 20 heavy (non-hydrogen) atoms. The maximum absolute atomic E-state index is 11.6. The van der Waals surface area contributed by atoms with E-state index in [9.17, 15) is 4.79 Å². The molecular formula is C12H15Cl2N3O3. The monoisotopic (exact) mass is 319 g/mol. The van der Waals surface area contributed by atoms with Crippen molar-refractivity contribution in [3.63, 3.8) is 0 Å². The lowest BCUT2D eigenvalue weighted by molar-refractivity contribution is 0.0290. The fraction of sp³-hybridized carbons (Fsp3) is 0.500. The Morgan fingerprint density at radius 1 is 1.35 bits per heavy atom. The Morgan fingerprint density at radius 2 is 2.00 bits per heavy atom. The predicted octanol–water partition coefficient (Wildman–Crippen LogP) is 2.27. The first kappa shape index (κ1) is 15.3. The minimum absolute atomic E-state index is 0.209. The summed E-state index contributed by atoms with van der Waals surface area (Å²) in [5.41, 5.74) is 0.450. The molecule has 0 saturated carbocycles. The Bertz CT molecular complexity index is 447. The van der Waals surface area contributed by atoms with E-state index in [4.69, 9.17) is 32.7 Å². The minimum Gasteiger partial charge on any atom is -0.448 e. The number of pyridine rings is 1. The molecule has 1 aliphatic heterocycles. The molecule has 6 nitrogen and oxygen atoms in total. The largest absolute Gasteiger partial charge is 0.448 e. The van der Waals surface area contributed by atoms with E-state index in [0.717, 1.165) is 26.3 Å². The number of halogens is 2. The van der Waals surface area contributed by atoms with Crippen molar-refractivity contribution in [2.75, 3.05) is 44.8 Å². The highest BCUT2D eigenvalue weighted by Gasteiger charge is 2.11. The van der Waals surface area contributed by atoms with Gasteiger partial charge >= 0.3 is 6.09 Å². The van der Waals surface area contributed by atoms with Crippen LogP contribution in [0.15, 0.2) is 12.1 Å². The van der Waals surface area contributed by atoms with Crippen LogP contribution < -0.4 is 5.32 Å². The number of ether oxygens (including phenoxy) is 2. The molecule has 1 fully saturated rings. The second kappa shape index (κ2) is 7.64. The number of carbonyl (C=O) groups excluding carboxylic acids is 1. The highest BCUT2D eigenvalue weighted by Crippen LogP contribution is 2.18. The summed E-state index contributed by atoms with van der Waals surface area (Å²) in [6.07, 6.45) is -0.545. The van der Waals surface area contributed by atoms with Crippen molar-refractivity contribution in [2.24, 2.45) is 0 Å². The molecule has 1 aliphatic rings. The minimum atomic E-state index is -0.545. The van der Waals surface area contributed by atoms with Crippen LogP contribution in [-0.4, -0.2) is 55.4 Å². The second-order valence-corrected chi connectivity index (χ2v) is 4.99. The average molecular weight is 320 g/mol. The molecular weight excluding hydrogens is 305 g/mol. The number of amides is 1. The van der Waals surface area contributed by atoms with Crippen molar-refractivity contribution < 1.29 is 14.3 Å².